The summed E-state index contributed by atoms with van der Waals surface area (Å²) >= 11 is 4.03. The number of hydrogen-bond acceptors (Lipinski definition) is 5. The molecule has 0 bridgehead atoms. The molecule has 0 aromatic heterocycles. The number of carbonyl (C=O) groups excluding carboxylic acids is 2. The Morgan fingerprint density at radius 3 is 1.60 bits per heavy atom. The molecule has 0 saturated heterocycles. The maximum absolute atomic E-state index is 15.9. The van der Waals surface area contributed by atoms with Gasteiger partial charge in [-0.2, -0.15) is 0 Å². The van der Waals surface area contributed by atoms with Crippen LogP contribution in [0.3, 0.4) is 0 Å². The molecule has 8 heteroatoms. The highest BCUT2D eigenvalue weighted by Gasteiger charge is 2.52. The van der Waals surface area contributed by atoms with Crippen molar-refractivity contribution in [3.05, 3.63) is 123 Å². The van der Waals surface area contributed by atoms with Gasteiger partial charge >= 0.3 is 0 Å². The highest BCUT2D eigenvalue weighted by molar-refractivity contribution is 9.09. The second-order valence-electron chi connectivity index (χ2n) is 21.5. The highest BCUT2D eigenvalue weighted by Crippen LogP contribution is 2.59. The number of alkyl halides is 1. The zero-order valence-electron chi connectivity index (χ0n) is 45.8. The van der Waals surface area contributed by atoms with E-state index < -0.39 is 6.29 Å². The first-order valence-electron chi connectivity index (χ1n) is 29.1. The van der Waals surface area contributed by atoms with Gasteiger partial charge in [-0.05, 0) is 115 Å². The molecule has 3 aliphatic carbocycles. The van der Waals surface area contributed by atoms with Gasteiger partial charge in [-0.3, -0.25) is 14.5 Å². The van der Waals surface area contributed by atoms with Gasteiger partial charge in [-0.15, -0.1) is 0 Å². The molecule has 0 N–H and O–H groups in total. The van der Waals surface area contributed by atoms with Crippen molar-refractivity contribution in [3.8, 4) is 11.1 Å². The van der Waals surface area contributed by atoms with Crippen LogP contribution in [-0.2, 0) is 34.6 Å². The van der Waals surface area contributed by atoms with Crippen molar-refractivity contribution in [2.75, 3.05) is 33.1 Å². The van der Waals surface area contributed by atoms with Gasteiger partial charge in [-0.25, -0.2) is 0 Å². The smallest absolute Gasteiger partial charge is 0.263 e. The lowest BCUT2D eigenvalue weighted by molar-refractivity contribution is -0.150. The number of ether oxygens (including phenoxy) is 3. The van der Waals surface area contributed by atoms with E-state index in [1.807, 2.05) is 25.7 Å². The molecule has 1 atom stereocenters. The number of hydrogen-bond donors (Lipinski definition) is 0. The van der Waals surface area contributed by atoms with Crippen LogP contribution in [0, 0.1) is 0 Å². The van der Waals surface area contributed by atoms with Crippen molar-refractivity contribution in [1.29, 1.82) is 0 Å². The fourth-order valence-electron chi connectivity index (χ4n) is 13.4. The van der Waals surface area contributed by atoms with E-state index in [0.29, 0.717) is 42.4 Å². The Morgan fingerprint density at radius 2 is 1.05 bits per heavy atom. The summed E-state index contributed by atoms with van der Waals surface area (Å²) in [7, 11) is 0. The lowest BCUT2D eigenvalue weighted by atomic mass is 9.68. The van der Waals surface area contributed by atoms with Crippen molar-refractivity contribution >= 4 is 44.7 Å². The molecule has 0 fully saturated rings. The topological polar surface area (TPSA) is 68.3 Å². The van der Waals surface area contributed by atoms with E-state index in [1.54, 1.807) is 10.5 Å². The van der Waals surface area contributed by atoms with E-state index in [1.165, 1.54) is 116 Å². The molecule has 3 aromatic carbocycles. The van der Waals surface area contributed by atoms with Crippen molar-refractivity contribution in [3.63, 3.8) is 0 Å². The van der Waals surface area contributed by atoms with E-state index in [0.717, 1.165) is 68.9 Å². The van der Waals surface area contributed by atoms with Crippen LogP contribution < -0.4 is 0 Å². The number of amides is 2. The fourth-order valence-corrected chi connectivity index (χ4v) is 13.9. The Bertz CT molecular complexity index is 2520. The van der Waals surface area contributed by atoms with Crippen LogP contribution in [0.15, 0.2) is 89.5 Å². The first kappa shape index (κ1) is 55.2. The fraction of sp³-hybridized carbons (Fsp3) is 0.569. The molecule has 394 valence electrons. The van der Waals surface area contributed by atoms with Crippen molar-refractivity contribution in [1.82, 2.24) is 9.80 Å². The summed E-state index contributed by atoms with van der Waals surface area (Å²) < 4.78 is 18.7. The number of benzene rings is 3. The summed E-state index contributed by atoms with van der Waals surface area (Å²) in [6, 6.07) is 22.8. The lowest BCUT2D eigenvalue weighted by Gasteiger charge is -2.36. The Labute approximate surface area is 448 Å². The number of unbranched alkanes of at least 4 members (excludes halogenated alkanes) is 12. The monoisotopic (exact) mass is 1050 g/mol. The molecule has 2 aliphatic heterocycles. The zero-order chi connectivity index (χ0) is 51.5. The summed E-state index contributed by atoms with van der Waals surface area (Å²) in [4.78, 5) is 35.5. The van der Waals surface area contributed by atoms with E-state index in [4.69, 9.17) is 14.2 Å². The minimum absolute atomic E-state index is 0.0515. The number of nitrogens with zero attached hydrogens (tertiary/aromatic N) is 2. The summed E-state index contributed by atoms with van der Waals surface area (Å²) in [5.74, 6) is -0.393. The average Bonchev–Trinajstić information content (AvgIpc) is 4.04. The molecule has 73 heavy (non-hydrogen) atoms. The van der Waals surface area contributed by atoms with Crippen molar-refractivity contribution < 1.29 is 23.8 Å². The predicted octanol–water partition coefficient (Wildman–Crippen LogP) is 16.8. The van der Waals surface area contributed by atoms with Gasteiger partial charge in [0.1, 0.15) is 6.73 Å². The van der Waals surface area contributed by atoms with E-state index in [2.05, 4.69) is 116 Å². The molecule has 0 radical (unpaired) electrons. The van der Waals surface area contributed by atoms with Gasteiger partial charge < -0.3 is 19.1 Å². The van der Waals surface area contributed by atoms with Crippen LogP contribution >= 0.6 is 15.9 Å². The minimum Gasteiger partial charge on any atom is -0.361 e. The Hall–Kier alpha value is -4.08. The standard InChI is InChI=1S/C65H87BrN2O5/c1-8-15-19-25-37-64(38-26-20-16-9-2)53-30-24-23-29-49(53)50-34-31-46(41-54(50)64)60-58-59(62(69)67(60)44-57(72-13-6)73-14-7)61(68(63(58)70)45-71-12-5)47-32-35-51-52-36-33-48(66)43-56(52)65(55(51)42-47,39-27-21-17-10-3)40-28-22-18-11-4/h23-24,29-36,41-42,48,57H,8-22,25-28,37-40,43-45H2,1-7H3. The molecule has 2 amide bonds. The van der Waals surface area contributed by atoms with Crippen LogP contribution in [0.4, 0.5) is 0 Å². The maximum Gasteiger partial charge on any atom is 0.263 e. The summed E-state index contributed by atoms with van der Waals surface area (Å²) in [5, 5.41) is 0. The zero-order valence-corrected chi connectivity index (χ0v) is 47.4. The molecule has 5 aliphatic rings. The van der Waals surface area contributed by atoms with Crippen LogP contribution in [0.1, 0.15) is 217 Å². The third kappa shape index (κ3) is 11.0. The van der Waals surface area contributed by atoms with Gasteiger partial charge in [0.25, 0.3) is 11.8 Å². The number of carbonyl (C=O) groups is 2. The van der Waals surface area contributed by atoms with Crippen LogP contribution in [0.2, 0.25) is 0 Å². The maximum atomic E-state index is 15.9. The second-order valence-corrected chi connectivity index (χ2v) is 22.7. The van der Waals surface area contributed by atoms with Crippen molar-refractivity contribution in [2.24, 2.45) is 0 Å². The SMILES string of the molecule is CCCCCCC1(CCCCCC)C2=C(C=CC(Br)C2)c2ccc(C3=C4C(=O)N(CC(OCC)OCC)C(c5ccc6c(c5)C(CCCCCC)(CCCCCC)c5ccccc5-6)=C4C(=O)N3COCC)cc21. The van der Waals surface area contributed by atoms with E-state index >= 15 is 9.59 Å². The molecule has 1 unspecified atom stereocenters. The third-order valence-corrected chi connectivity index (χ3v) is 17.5. The molecular formula is C65H87BrN2O5. The molecule has 3 aromatic rings. The highest BCUT2D eigenvalue weighted by atomic mass is 79.9. The Morgan fingerprint density at radius 1 is 0.562 bits per heavy atom. The molecule has 2 heterocycles. The van der Waals surface area contributed by atoms with E-state index in [-0.39, 0.29) is 40.7 Å². The van der Waals surface area contributed by atoms with Gasteiger partial charge in [-0.1, -0.05) is 213 Å². The molecule has 0 saturated carbocycles. The third-order valence-electron chi connectivity index (χ3n) is 16.9. The largest absolute Gasteiger partial charge is 0.361 e. The van der Waals surface area contributed by atoms with Crippen LogP contribution in [0.5, 0.6) is 0 Å². The van der Waals surface area contributed by atoms with Crippen LogP contribution in [-0.4, -0.2) is 65.8 Å². The van der Waals surface area contributed by atoms with Gasteiger partial charge in [0.05, 0.1) is 29.1 Å². The van der Waals surface area contributed by atoms with Gasteiger partial charge in [0.15, 0.2) is 6.29 Å². The Balaban J connectivity index is 1.34. The molecule has 8 rings (SSSR count). The molecular weight excluding hydrogens is 969 g/mol. The number of fused-ring (bicyclic) bond motifs is 6. The average molecular weight is 1060 g/mol. The van der Waals surface area contributed by atoms with E-state index in [9.17, 15) is 0 Å². The second kappa shape index (κ2) is 25.6. The summed E-state index contributed by atoms with van der Waals surface area (Å²) in [6.07, 6.45) is 28.4. The summed E-state index contributed by atoms with van der Waals surface area (Å²) in [6.45, 7) is 16.6. The van der Waals surface area contributed by atoms with Gasteiger partial charge in [0.2, 0.25) is 0 Å². The first-order valence-corrected chi connectivity index (χ1v) is 30.0. The number of halogens is 1. The van der Waals surface area contributed by atoms with Gasteiger partial charge in [0, 0.05) is 35.5 Å². The van der Waals surface area contributed by atoms with Crippen LogP contribution in [0.25, 0.3) is 28.1 Å². The number of rotatable bonds is 31. The molecule has 7 nitrogen and oxygen atoms in total. The Kier molecular flexibility index (Phi) is 19.4. The first-order chi connectivity index (χ1) is 35.7. The molecule has 0 spiro atoms. The number of allylic oxidation sites excluding steroid dienone is 4. The summed E-state index contributed by atoms with van der Waals surface area (Å²) in [5.41, 5.74) is 14.6. The quantitative estimate of drug-likeness (QED) is 0.0365. The predicted molar refractivity (Wildman–Crippen MR) is 305 cm³/mol. The van der Waals surface area contributed by atoms with Crippen molar-refractivity contribution in [2.45, 2.75) is 205 Å². The normalized spacial score (nSPS) is 18.2. The minimum atomic E-state index is -0.674. The lowest BCUT2D eigenvalue weighted by Crippen LogP contribution is -2.38.